The third kappa shape index (κ3) is 3.72. The zero-order chi connectivity index (χ0) is 18.7. The average Bonchev–Trinajstić information content (AvgIpc) is 3.05. The third-order valence-corrected chi connectivity index (χ3v) is 4.32. The molecular formula is C19H19N3O4. The Morgan fingerprint density at radius 2 is 1.92 bits per heavy atom. The molecule has 2 amide bonds. The molecule has 1 saturated heterocycles. The van der Waals surface area contributed by atoms with Crippen LogP contribution in [-0.4, -0.2) is 34.4 Å². The minimum atomic E-state index is -1.07. The highest BCUT2D eigenvalue weighted by Crippen LogP contribution is 2.21. The summed E-state index contributed by atoms with van der Waals surface area (Å²) in [6.07, 6.45) is 1.47. The number of hydrogen-bond acceptors (Lipinski definition) is 4. The molecule has 2 heterocycles. The first-order chi connectivity index (χ1) is 12.5. The number of aryl methyl sites for hydroxylation is 1. The summed E-state index contributed by atoms with van der Waals surface area (Å²) >= 11 is 0. The standard InChI is InChI=1S/C19H19N3O4/c1-12-15(19(25)26)8-9-16(21-12)18(24)20-11-13-4-6-14(7-5-13)22-10-2-3-17(22)23/h4-9H,2-3,10-11H2,1H3,(H,20,24)(H,25,26). The van der Waals surface area contributed by atoms with Gasteiger partial charge < -0.3 is 15.3 Å². The van der Waals surface area contributed by atoms with E-state index in [4.69, 9.17) is 5.11 Å². The summed E-state index contributed by atoms with van der Waals surface area (Å²) in [6.45, 7) is 2.61. The number of carboxylic acids is 1. The molecular weight excluding hydrogens is 334 g/mol. The maximum Gasteiger partial charge on any atom is 0.337 e. The van der Waals surface area contributed by atoms with E-state index in [1.807, 2.05) is 24.3 Å². The Morgan fingerprint density at radius 1 is 1.19 bits per heavy atom. The number of pyridine rings is 1. The van der Waals surface area contributed by atoms with Crippen LogP contribution >= 0.6 is 0 Å². The largest absolute Gasteiger partial charge is 0.478 e. The normalized spacial score (nSPS) is 13.7. The smallest absolute Gasteiger partial charge is 0.337 e. The fourth-order valence-corrected chi connectivity index (χ4v) is 2.90. The van der Waals surface area contributed by atoms with Crippen LogP contribution in [0.15, 0.2) is 36.4 Å². The molecule has 1 fully saturated rings. The maximum atomic E-state index is 12.2. The summed E-state index contributed by atoms with van der Waals surface area (Å²) in [5.74, 6) is -1.31. The van der Waals surface area contributed by atoms with Gasteiger partial charge in [0.15, 0.2) is 0 Å². The number of amides is 2. The van der Waals surface area contributed by atoms with E-state index >= 15 is 0 Å². The van der Waals surface area contributed by atoms with Crippen molar-refractivity contribution >= 4 is 23.5 Å². The molecule has 0 radical (unpaired) electrons. The molecule has 0 bridgehead atoms. The second kappa shape index (κ2) is 7.35. The second-order valence-corrected chi connectivity index (χ2v) is 6.13. The van der Waals surface area contributed by atoms with E-state index in [-0.39, 0.29) is 23.1 Å². The number of anilines is 1. The van der Waals surface area contributed by atoms with Gasteiger partial charge in [-0.1, -0.05) is 12.1 Å². The van der Waals surface area contributed by atoms with Crippen LogP contribution in [0.5, 0.6) is 0 Å². The van der Waals surface area contributed by atoms with E-state index < -0.39 is 5.97 Å². The van der Waals surface area contributed by atoms with Crippen LogP contribution < -0.4 is 10.2 Å². The molecule has 3 rings (SSSR count). The minimum Gasteiger partial charge on any atom is -0.478 e. The quantitative estimate of drug-likeness (QED) is 0.858. The van der Waals surface area contributed by atoms with Gasteiger partial charge in [0.2, 0.25) is 5.91 Å². The van der Waals surface area contributed by atoms with Crippen molar-refractivity contribution in [3.8, 4) is 0 Å². The number of aromatic carboxylic acids is 1. The van der Waals surface area contributed by atoms with Gasteiger partial charge in [-0.3, -0.25) is 9.59 Å². The number of carboxylic acid groups (broad SMARTS) is 1. The number of aromatic nitrogens is 1. The van der Waals surface area contributed by atoms with Crippen molar-refractivity contribution in [1.82, 2.24) is 10.3 Å². The molecule has 0 atom stereocenters. The van der Waals surface area contributed by atoms with Crippen molar-refractivity contribution in [2.45, 2.75) is 26.3 Å². The Morgan fingerprint density at radius 3 is 2.50 bits per heavy atom. The molecule has 0 unspecified atom stereocenters. The van der Waals surface area contributed by atoms with Crippen LogP contribution in [0.1, 0.15) is 44.9 Å². The van der Waals surface area contributed by atoms with Crippen molar-refractivity contribution in [3.05, 3.63) is 58.9 Å². The Balaban J connectivity index is 1.61. The van der Waals surface area contributed by atoms with Crippen LogP contribution in [-0.2, 0) is 11.3 Å². The lowest BCUT2D eigenvalue weighted by Crippen LogP contribution is -2.25. The van der Waals surface area contributed by atoms with Crippen molar-refractivity contribution in [2.24, 2.45) is 0 Å². The van der Waals surface area contributed by atoms with Crippen molar-refractivity contribution < 1.29 is 19.5 Å². The zero-order valence-electron chi connectivity index (χ0n) is 14.4. The first-order valence-corrected chi connectivity index (χ1v) is 8.34. The fourth-order valence-electron chi connectivity index (χ4n) is 2.90. The molecule has 26 heavy (non-hydrogen) atoms. The van der Waals surface area contributed by atoms with Gasteiger partial charge >= 0.3 is 5.97 Å². The number of hydrogen-bond donors (Lipinski definition) is 2. The van der Waals surface area contributed by atoms with Crippen molar-refractivity contribution in [2.75, 3.05) is 11.4 Å². The number of nitrogens with zero attached hydrogens (tertiary/aromatic N) is 2. The van der Waals surface area contributed by atoms with Gasteiger partial charge in [0.25, 0.3) is 5.91 Å². The van der Waals surface area contributed by atoms with E-state index in [0.717, 1.165) is 24.2 Å². The molecule has 1 aromatic carbocycles. The number of carbonyl (C=O) groups is 3. The SMILES string of the molecule is Cc1nc(C(=O)NCc2ccc(N3CCCC3=O)cc2)ccc1C(=O)O. The van der Waals surface area contributed by atoms with Gasteiger partial charge in [0, 0.05) is 25.2 Å². The van der Waals surface area contributed by atoms with Crippen LogP contribution in [0.2, 0.25) is 0 Å². The van der Waals surface area contributed by atoms with Crippen LogP contribution in [0.4, 0.5) is 5.69 Å². The van der Waals surface area contributed by atoms with Gasteiger partial charge in [0.05, 0.1) is 11.3 Å². The Kier molecular flexibility index (Phi) is 4.97. The lowest BCUT2D eigenvalue weighted by atomic mass is 10.1. The first kappa shape index (κ1) is 17.6. The van der Waals surface area contributed by atoms with Gasteiger partial charge in [-0.05, 0) is 43.2 Å². The highest BCUT2D eigenvalue weighted by molar-refractivity contribution is 5.95. The lowest BCUT2D eigenvalue weighted by Gasteiger charge is -2.16. The zero-order valence-corrected chi connectivity index (χ0v) is 14.4. The van der Waals surface area contributed by atoms with Crippen LogP contribution in [0, 0.1) is 6.92 Å². The topological polar surface area (TPSA) is 99.6 Å². The number of nitrogens with one attached hydrogen (secondary N) is 1. The maximum absolute atomic E-state index is 12.2. The number of rotatable bonds is 5. The summed E-state index contributed by atoms with van der Waals surface area (Å²) in [5, 5.41) is 11.8. The molecule has 1 aromatic heterocycles. The molecule has 1 aliphatic heterocycles. The predicted molar refractivity (Wildman–Crippen MR) is 95.1 cm³/mol. The third-order valence-electron chi connectivity index (χ3n) is 4.32. The van der Waals surface area contributed by atoms with Crippen LogP contribution in [0.25, 0.3) is 0 Å². The molecule has 1 aliphatic rings. The Bertz CT molecular complexity index is 862. The van der Waals surface area contributed by atoms with Gasteiger partial charge in [-0.15, -0.1) is 0 Å². The number of benzene rings is 1. The molecule has 2 aromatic rings. The summed E-state index contributed by atoms with van der Waals surface area (Å²) in [7, 11) is 0. The van der Waals surface area contributed by atoms with Gasteiger partial charge in [-0.2, -0.15) is 0 Å². The highest BCUT2D eigenvalue weighted by Gasteiger charge is 2.21. The fraction of sp³-hybridized carbons (Fsp3) is 0.263. The van der Waals surface area contributed by atoms with Crippen LogP contribution in [0.3, 0.4) is 0 Å². The monoisotopic (exact) mass is 353 g/mol. The summed E-state index contributed by atoms with van der Waals surface area (Å²) < 4.78 is 0. The Hall–Kier alpha value is -3.22. The van der Waals surface area contributed by atoms with E-state index in [9.17, 15) is 14.4 Å². The molecule has 7 nitrogen and oxygen atoms in total. The van der Waals surface area contributed by atoms with E-state index in [1.165, 1.54) is 12.1 Å². The average molecular weight is 353 g/mol. The minimum absolute atomic E-state index is 0.0774. The van der Waals surface area contributed by atoms with E-state index in [1.54, 1.807) is 11.8 Å². The van der Waals surface area contributed by atoms with Crippen molar-refractivity contribution in [3.63, 3.8) is 0 Å². The molecule has 0 spiro atoms. The molecule has 7 heteroatoms. The predicted octanol–water partition coefficient (Wildman–Crippen LogP) is 2.15. The summed E-state index contributed by atoms with van der Waals surface area (Å²) in [6, 6.07) is 10.2. The van der Waals surface area contributed by atoms with E-state index in [2.05, 4.69) is 10.3 Å². The molecule has 2 N–H and O–H groups in total. The summed E-state index contributed by atoms with van der Waals surface area (Å²) in [4.78, 5) is 40.7. The van der Waals surface area contributed by atoms with Gasteiger partial charge in [0.1, 0.15) is 5.69 Å². The summed E-state index contributed by atoms with van der Waals surface area (Å²) in [5.41, 5.74) is 2.31. The lowest BCUT2D eigenvalue weighted by molar-refractivity contribution is -0.117. The van der Waals surface area contributed by atoms with Gasteiger partial charge in [-0.25, -0.2) is 9.78 Å². The van der Waals surface area contributed by atoms with Crippen molar-refractivity contribution in [1.29, 1.82) is 0 Å². The molecule has 134 valence electrons. The Labute approximate surface area is 150 Å². The molecule has 0 saturated carbocycles. The number of carbonyl (C=O) groups excluding carboxylic acids is 2. The first-order valence-electron chi connectivity index (χ1n) is 8.34. The highest BCUT2D eigenvalue weighted by atomic mass is 16.4. The second-order valence-electron chi connectivity index (χ2n) is 6.13. The van der Waals surface area contributed by atoms with E-state index in [0.29, 0.717) is 18.7 Å². The molecule has 0 aliphatic carbocycles.